The van der Waals surface area contributed by atoms with Crippen molar-refractivity contribution in [3.8, 4) is 16.9 Å². The average molecular weight is 615 g/mol. The van der Waals surface area contributed by atoms with E-state index in [0.717, 1.165) is 63.3 Å². The van der Waals surface area contributed by atoms with Crippen LogP contribution in [-0.4, -0.2) is 49.1 Å². The Morgan fingerprint density at radius 2 is 1.74 bits per heavy atom. The van der Waals surface area contributed by atoms with E-state index in [1.165, 1.54) is 0 Å². The van der Waals surface area contributed by atoms with Crippen molar-refractivity contribution in [3.63, 3.8) is 0 Å². The summed E-state index contributed by atoms with van der Waals surface area (Å²) in [5, 5.41) is 19.1. The second-order valence-electron chi connectivity index (χ2n) is 11.0. The first-order chi connectivity index (χ1) is 22.4. The van der Waals surface area contributed by atoms with E-state index < -0.39 is 0 Å². The fraction of sp³-hybridized carbons (Fsp3) is 0.200. The molecule has 0 bridgehead atoms. The molecule has 2 amide bonds. The van der Waals surface area contributed by atoms with Crippen LogP contribution in [0.4, 0.5) is 5.95 Å². The molecule has 0 fully saturated rings. The number of fused-ring (bicyclic) bond motifs is 1. The second kappa shape index (κ2) is 13.4. The van der Waals surface area contributed by atoms with Gasteiger partial charge in [-0.25, -0.2) is 4.98 Å². The van der Waals surface area contributed by atoms with Crippen molar-refractivity contribution in [2.24, 2.45) is 0 Å². The number of methoxy groups -OCH3 is 1. The maximum Gasteiger partial charge on any atom is 0.270 e. The quantitative estimate of drug-likeness (QED) is 0.170. The third-order valence-electron chi connectivity index (χ3n) is 7.84. The van der Waals surface area contributed by atoms with Gasteiger partial charge in [-0.05, 0) is 65.1 Å². The maximum absolute atomic E-state index is 13.3. The lowest BCUT2D eigenvalue weighted by Gasteiger charge is -2.13. The molecule has 46 heavy (non-hydrogen) atoms. The molecule has 3 N–H and O–H groups in total. The third-order valence-corrected chi connectivity index (χ3v) is 7.84. The lowest BCUT2D eigenvalue weighted by molar-refractivity contribution is 0.0950. The standard InChI is InChI=1S/C35H34N8O3/c1-4-9-31-37-32-22(2)18-26(33(44)36-20-25-10-5-8-13-30(25)46-3)19-29(32)43(31)21-23-14-16-24(17-15-23)27-11-6-7-12-28(27)34(45)38-35-39-41-42-40-35/h5-8,10-19H,4,9,20-21H2,1-3H3,(H,36,44)(H2,38,39,40,41,42,45). The van der Waals surface area contributed by atoms with Gasteiger partial charge < -0.3 is 14.6 Å². The van der Waals surface area contributed by atoms with Gasteiger partial charge in [0, 0.05) is 36.2 Å². The summed E-state index contributed by atoms with van der Waals surface area (Å²) >= 11 is 0. The van der Waals surface area contributed by atoms with E-state index in [9.17, 15) is 9.59 Å². The van der Waals surface area contributed by atoms with E-state index in [2.05, 4.69) is 54.9 Å². The number of carbonyl (C=O) groups is 2. The molecular weight excluding hydrogens is 580 g/mol. The zero-order valence-electron chi connectivity index (χ0n) is 25.9. The second-order valence-corrected chi connectivity index (χ2v) is 11.0. The van der Waals surface area contributed by atoms with Gasteiger partial charge in [-0.2, -0.15) is 5.21 Å². The van der Waals surface area contributed by atoms with E-state index in [4.69, 9.17) is 9.72 Å². The minimum Gasteiger partial charge on any atom is -0.496 e. The van der Waals surface area contributed by atoms with Crippen LogP contribution in [-0.2, 0) is 19.5 Å². The van der Waals surface area contributed by atoms with Gasteiger partial charge in [0.2, 0.25) is 0 Å². The first kappa shape index (κ1) is 30.2. The van der Waals surface area contributed by atoms with Gasteiger partial charge in [0.1, 0.15) is 11.6 Å². The largest absolute Gasteiger partial charge is 0.496 e. The van der Waals surface area contributed by atoms with Crippen molar-refractivity contribution in [2.75, 3.05) is 12.4 Å². The number of imidazole rings is 1. The number of aromatic amines is 1. The van der Waals surface area contributed by atoms with Crippen molar-refractivity contribution in [3.05, 3.63) is 119 Å². The SMILES string of the molecule is CCCc1nc2c(C)cc(C(=O)NCc3ccccc3OC)cc2n1Cc1ccc(-c2ccccc2C(=O)Nc2nn[nH]n2)cc1. The molecule has 2 heterocycles. The van der Waals surface area contributed by atoms with Crippen LogP contribution < -0.4 is 15.4 Å². The maximum atomic E-state index is 13.3. The van der Waals surface area contributed by atoms with Crippen molar-refractivity contribution in [1.82, 2.24) is 35.5 Å². The Hall–Kier alpha value is -5.84. The summed E-state index contributed by atoms with van der Waals surface area (Å²) < 4.78 is 7.64. The van der Waals surface area contributed by atoms with Gasteiger partial charge in [0.15, 0.2) is 0 Å². The van der Waals surface area contributed by atoms with Crippen LogP contribution in [0.1, 0.15) is 56.6 Å². The zero-order chi connectivity index (χ0) is 32.0. The van der Waals surface area contributed by atoms with Crippen LogP contribution in [0.2, 0.25) is 0 Å². The Labute approximate surface area is 266 Å². The van der Waals surface area contributed by atoms with Gasteiger partial charge in [0.05, 0.1) is 18.1 Å². The van der Waals surface area contributed by atoms with E-state index in [0.29, 0.717) is 24.2 Å². The number of amides is 2. The van der Waals surface area contributed by atoms with E-state index in [-0.39, 0.29) is 17.8 Å². The fourth-order valence-electron chi connectivity index (χ4n) is 5.58. The van der Waals surface area contributed by atoms with Crippen LogP contribution >= 0.6 is 0 Å². The molecule has 2 aromatic heterocycles. The molecule has 0 aliphatic rings. The number of hydrogen-bond donors (Lipinski definition) is 3. The van der Waals surface area contributed by atoms with Crippen molar-refractivity contribution < 1.29 is 14.3 Å². The topological polar surface area (TPSA) is 140 Å². The van der Waals surface area contributed by atoms with Crippen molar-refractivity contribution >= 4 is 28.8 Å². The van der Waals surface area contributed by atoms with Gasteiger partial charge in [0.25, 0.3) is 17.8 Å². The number of ether oxygens (including phenoxy) is 1. The summed E-state index contributed by atoms with van der Waals surface area (Å²) in [7, 11) is 1.62. The highest BCUT2D eigenvalue weighted by Crippen LogP contribution is 2.27. The number of hydrogen-bond acceptors (Lipinski definition) is 7. The third kappa shape index (κ3) is 6.34. The number of benzene rings is 4. The number of tetrazole rings is 1. The van der Waals surface area contributed by atoms with E-state index >= 15 is 0 Å². The molecule has 0 spiro atoms. The van der Waals surface area contributed by atoms with Crippen LogP contribution in [0.5, 0.6) is 5.75 Å². The summed E-state index contributed by atoms with van der Waals surface area (Å²) in [6, 6.07) is 27.0. The minimum atomic E-state index is -0.326. The van der Waals surface area contributed by atoms with Crippen molar-refractivity contribution in [1.29, 1.82) is 0 Å². The highest BCUT2D eigenvalue weighted by molar-refractivity contribution is 6.08. The number of rotatable bonds is 11. The van der Waals surface area contributed by atoms with Crippen LogP contribution in [0.25, 0.3) is 22.2 Å². The van der Waals surface area contributed by atoms with Crippen LogP contribution in [0, 0.1) is 6.92 Å². The molecule has 0 aliphatic carbocycles. The number of anilines is 1. The lowest BCUT2D eigenvalue weighted by atomic mass is 9.98. The van der Waals surface area contributed by atoms with Gasteiger partial charge in [-0.3, -0.25) is 14.9 Å². The number of aryl methyl sites for hydroxylation is 2. The molecule has 11 nitrogen and oxygen atoms in total. The number of nitrogens with one attached hydrogen (secondary N) is 3. The summed E-state index contributed by atoms with van der Waals surface area (Å²) in [5.74, 6) is 1.33. The first-order valence-corrected chi connectivity index (χ1v) is 15.1. The van der Waals surface area contributed by atoms with Crippen molar-refractivity contribution in [2.45, 2.75) is 39.8 Å². The number of nitrogens with zero attached hydrogens (tertiary/aromatic N) is 5. The Morgan fingerprint density at radius 3 is 2.50 bits per heavy atom. The minimum absolute atomic E-state index is 0.109. The Balaban J connectivity index is 1.26. The summed E-state index contributed by atoms with van der Waals surface area (Å²) in [5.41, 5.74) is 7.49. The Morgan fingerprint density at radius 1 is 0.957 bits per heavy atom. The first-order valence-electron chi connectivity index (χ1n) is 15.1. The number of H-pyrrole nitrogens is 1. The molecule has 0 atom stereocenters. The van der Waals surface area contributed by atoms with Crippen LogP contribution in [0.15, 0.2) is 84.9 Å². The average Bonchev–Trinajstić information content (AvgIpc) is 3.72. The van der Waals surface area contributed by atoms with E-state index in [1.807, 2.05) is 73.7 Å². The molecule has 0 unspecified atom stereocenters. The van der Waals surface area contributed by atoms with Gasteiger partial charge in [-0.15, -0.1) is 5.10 Å². The van der Waals surface area contributed by atoms with Crippen LogP contribution in [0.3, 0.4) is 0 Å². The number of para-hydroxylation sites is 1. The van der Waals surface area contributed by atoms with E-state index in [1.54, 1.807) is 13.2 Å². The zero-order valence-corrected chi connectivity index (χ0v) is 25.9. The normalized spacial score (nSPS) is 11.0. The summed E-state index contributed by atoms with van der Waals surface area (Å²) in [4.78, 5) is 31.3. The predicted molar refractivity (Wildman–Crippen MR) is 176 cm³/mol. The summed E-state index contributed by atoms with van der Waals surface area (Å²) in [6.07, 6.45) is 1.75. The smallest absolute Gasteiger partial charge is 0.270 e. The highest BCUT2D eigenvalue weighted by Gasteiger charge is 2.18. The molecule has 232 valence electrons. The molecule has 0 saturated carbocycles. The van der Waals surface area contributed by atoms with Gasteiger partial charge in [-0.1, -0.05) is 72.7 Å². The Bertz CT molecular complexity index is 2000. The molecular formula is C35H34N8O3. The highest BCUT2D eigenvalue weighted by atomic mass is 16.5. The molecule has 4 aromatic carbocycles. The number of aromatic nitrogens is 6. The molecule has 0 aliphatic heterocycles. The van der Waals surface area contributed by atoms with Gasteiger partial charge >= 0.3 is 0 Å². The summed E-state index contributed by atoms with van der Waals surface area (Å²) in [6.45, 7) is 5.06. The molecule has 0 saturated heterocycles. The molecule has 0 radical (unpaired) electrons. The Kier molecular flexibility index (Phi) is 8.82. The molecule has 6 rings (SSSR count). The number of carbonyl (C=O) groups excluding carboxylic acids is 2. The lowest BCUT2D eigenvalue weighted by Crippen LogP contribution is -2.23. The molecule has 11 heteroatoms. The molecule has 6 aromatic rings. The fourth-order valence-corrected chi connectivity index (χ4v) is 5.58. The predicted octanol–water partition coefficient (Wildman–Crippen LogP) is 5.72. The monoisotopic (exact) mass is 614 g/mol.